The van der Waals surface area contributed by atoms with Gasteiger partial charge in [0, 0.05) is 12.5 Å². The second-order valence-electron chi connectivity index (χ2n) is 5.33. The van der Waals surface area contributed by atoms with Crippen LogP contribution in [0.5, 0.6) is 0 Å². The first-order valence-corrected chi connectivity index (χ1v) is 5.76. The summed E-state index contributed by atoms with van der Waals surface area (Å²) in [7, 11) is 0. The van der Waals surface area contributed by atoms with E-state index in [1.54, 1.807) is 0 Å². The second kappa shape index (κ2) is 5.22. The number of alkyl carbamates (subject to hydrolysis) is 1. The fourth-order valence-electron chi connectivity index (χ4n) is 1.63. The average molecular weight is 237 g/mol. The van der Waals surface area contributed by atoms with E-state index in [0.717, 1.165) is 6.42 Å². The molecular formula is C13H19NO3. The SMILES string of the molecule is C#CCC(=O)C1CC1CNC(=O)OC(C)(C)C. The molecule has 0 saturated heterocycles. The molecule has 0 spiro atoms. The fraction of sp³-hybridized carbons (Fsp3) is 0.692. The van der Waals surface area contributed by atoms with Crippen molar-refractivity contribution in [1.29, 1.82) is 0 Å². The number of terminal acetylenes is 1. The zero-order valence-electron chi connectivity index (χ0n) is 10.6. The minimum Gasteiger partial charge on any atom is -0.444 e. The Kier molecular flexibility index (Phi) is 4.17. The Balaban J connectivity index is 2.20. The molecule has 1 saturated carbocycles. The zero-order valence-corrected chi connectivity index (χ0v) is 10.6. The normalized spacial score (nSPS) is 22.5. The second-order valence-corrected chi connectivity index (χ2v) is 5.33. The molecule has 4 heteroatoms. The molecule has 0 aliphatic heterocycles. The van der Waals surface area contributed by atoms with Crippen molar-refractivity contribution in [3.05, 3.63) is 0 Å². The molecule has 1 aliphatic rings. The van der Waals surface area contributed by atoms with Crippen LogP contribution in [0.25, 0.3) is 0 Å². The predicted molar refractivity (Wildman–Crippen MR) is 64.3 cm³/mol. The monoisotopic (exact) mass is 237 g/mol. The molecule has 0 aromatic rings. The predicted octanol–water partition coefficient (Wildman–Crippen LogP) is 1.74. The van der Waals surface area contributed by atoms with Gasteiger partial charge in [0.25, 0.3) is 0 Å². The summed E-state index contributed by atoms with van der Waals surface area (Å²) in [4.78, 5) is 22.7. The fourth-order valence-corrected chi connectivity index (χ4v) is 1.63. The highest BCUT2D eigenvalue weighted by Crippen LogP contribution is 2.39. The summed E-state index contributed by atoms with van der Waals surface area (Å²) in [5.41, 5.74) is -0.494. The number of ketones is 1. The van der Waals surface area contributed by atoms with Crippen molar-refractivity contribution in [3.63, 3.8) is 0 Å². The van der Waals surface area contributed by atoms with Crippen LogP contribution in [0.15, 0.2) is 0 Å². The van der Waals surface area contributed by atoms with E-state index < -0.39 is 11.7 Å². The molecule has 2 unspecified atom stereocenters. The maximum absolute atomic E-state index is 11.4. The van der Waals surface area contributed by atoms with E-state index in [0.29, 0.717) is 6.54 Å². The van der Waals surface area contributed by atoms with Gasteiger partial charge < -0.3 is 10.1 Å². The number of carbonyl (C=O) groups excluding carboxylic acids is 2. The van der Waals surface area contributed by atoms with Crippen LogP contribution in [0.3, 0.4) is 0 Å². The Morgan fingerprint density at radius 2 is 2.12 bits per heavy atom. The quantitative estimate of drug-likeness (QED) is 0.758. The molecule has 0 aromatic carbocycles. The molecule has 4 nitrogen and oxygen atoms in total. The van der Waals surface area contributed by atoms with Crippen molar-refractivity contribution in [2.75, 3.05) is 6.54 Å². The lowest BCUT2D eigenvalue weighted by molar-refractivity contribution is -0.119. The van der Waals surface area contributed by atoms with Gasteiger partial charge in [0.05, 0.1) is 6.42 Å². The van der Waals surface area contributed by atoms with Gasteiger partial charge in [-0.25, -0.2) is 4.79 Å². The van der Waals surface area contributed by atoms with Crippen LogP contribution in [-0.4, -0.2) is 24.0 Å². The van der Waals surface area contributed by atoms with Crippen molar-refractivity contribution >= 4 is 11.9 Å². The molecule has 1 fully saturated rings. The smallest absolute Gasteiger partial charge is 0.407 e. The van der Waals surface area contributed by atoms with Gasteiger partial charge >= 0.3 is 6.09 Å². The molecule has 1 aliphatic carbocycles. The summed E-state index contributed by atoms with van der Waals surface area (Å²) in [5, 5.41) is 2.66. The van der Waals surface area contributed by atoms with Crippen LogP contribution < -0.4 is 5.32 Å². The number of nitrogens with one attached hydrogen (secondary N) is 1. The van der Waals surface area contributed by atoms with Crippen LogP contribution in [0, 0.1) is 24.2 Å². The van der Waals surface area contributed by atoms with Gasteiger partial charge in [-0.3, -0.25) is 4.79 Å². The first-order valence-electron chi connectivity index (χ1n) is 5.76. The largest absolute Gasteiger partial charge is 0.444 e. The lowest BCUT2D eigenvalue weighted by Crippen LogP contribution is -2.33. The Morgan fingerprint density at radius 3 is 2.65 bits per heavy atom. The van der Waals surface area contributed by atoms with E-state index in [4.69, 9.17) is 11.2 Å². The molecule has 0 aromatic heterocycles. The van der Waals surface area contributed by atoms with Crippen LogP contribution in [-0.2, 0) is 9.53 Å². The maximum atomic E-state index is 11.4. The topological polar surface area (TPSA) is 55.4 Å². The highest BCUT2D eigenvalue weighted by molar-refractivity contribution is 5.85. The van der Waals surface area contributed by atoms with E-state index >= 15 is 0 Å². The van der Waals surface area contributed by atoms with E-state index in [2.05, 4.69) is 11.2 Å². The molecule has 0 bridgehead atoms. The van der Waals surface area contributed by atoms with Crippen molar-refractivity contribution in [2.45, 2.75) is 39.2 Å². The average Bonchev–Trinajstić information content (AvgIpc) is 2.91. The van der Waals surface area contributed by atoms with Crippen LogP contribution >= 0.6 is 0 Å². The molecule has 2 atom stereocenters. The minimum absolute atomic E-state index is 0.0287. The number of hydrogen-bond donors (Lipinski definition) is 1. The lowest BCUT2D eigenvalue weighted by atomic mass is 10.1. The van der Waals surface area contributed by atoms with Gasteiger partial charge in [-0.1, -0.05) is 5.92 Å². The molecule has 0 heterocycles. The van der Waals surface area contributed by atoms with Gasteiger partial charge in [0.1, 0.15) is 11.4 Å². The molecule has 0 radical (unpaired) electrons. The molecule has 1 rings (SSSR count). The van der Waals surface area contributed by atoms with Gasteiger partial charge in [0.15, 0.2) is 0 Å². The number of ether oxygens (including phenoxy) is 1. The summed E-state index contributed by atoms with van der Waals surface area (Å²) in [6.07, 6.45) is 5.64. The van der Waals surface area contributed by atoms with Gasteiger partial charge in [-0.15, -0.1) is 6.42 Å². The van der Waals surface area contributed by atoms with Crippen LogP contribution in [0.4, 0.5) is 4.79 Å². The molecule has 1 N–H and O–H groups in total. The number of carbonyl (C=O) groups is 2. The van der Waals surface area contributed by atoms with E-state index in [9.17, 15) is 9.59 Å². The molecule has 1 amide bonds. The van der Waals surface area contributed by atoms with E-state index in [-0.39, 0.29) is 24.0 Å². The van der Waals surface area contributed by atoms with Crippen molar-refractivity contribution in [2.24, 2.45) is 11.8 Å². The van der Waals surface area contributed by atoms with Crippen LogP contribution in [0.1, 0.15) is 33.6 Å². The Labute approximate surface area is 102 Å². The van der Waals surface area contributed by atoms with Gasteiger partial charge in [-0.05, 0) is 33.1 Å². The third-order valence-corrected chi connectivity index (χ3v) is 2.52. The van der Waals surface area contributed by atoms with Crippen molar-refractivity contribution in [3.8, 4) is 12.3 Å². The zero-order chi connectivity index (χ0) is 13.1. The van der Waals surface area contributed by atoms with E-state index in [1.807, 2.05) is 20.8 Å². The lowest BCUT2D eigenvalue weighted by Gasteiger charge is -2.19. The summed E-state index contributed by atoms with van der Waals surface area (Å²) >= 11 is 0. The van der Waals surface area contributed by atoms with Crippen molar-refractivity contribution in [1.82, 2.24) is 5.32 Å². The summed E-state index contributed by atoms with van der Waals surface area (Å²) in [5.74, 6) is 2.70. The maximum Gasteiger partial charge on any atom is 0.407 e. The minimum atomic E-state index is -0.494. The first kappa shape index (κ1) is 13.6. The first-order chi connectivity index (χ1) is 7.83. The summed E-state index contributed by atoms with van der Waals surface area (Å²) in [6, 6.07) is 0. The van der Waals surface area contributed by atoms with Crippen molar-refractivity contribution < 1.29 is 14.3 Å². The van der Waals surface area contributed by atoms with E-state index in [1.165, 1.54) is 0 Å². The standard InChI is InChI=1S/C13H19NO3/c1-5-6-11(15)10-7-9(10)8-14-12(16)17-13(2,3)4/h1,9-10H,6-8H2,2-4H3,(H,14,16). The van der Waals surface area contributed by atoms with Crippen LogP contribution in [0.2, 0.25) is 0 Å². The highest BCUT2D eigenvalue weighted by atomic mass is 16.6. The Morgan fingerprint density at radius 1 is 1.47 bits per heavy atom. The third-order valence-electron chi connectivity index (χ3n) is 2.52. The number of amides is 1. The molecular weight excluding hydrogens is 218 g/mol. The summed E-state index contributed by atoms with van der Waals surface area (Å²) in [6.45, 7) is 5.91. The molecule has 17 heavy (non-hydrogen) atoms. The Bertz CT molecular complexity index is 349. The number of rotatable bonds is 4. The Hall–Kier alpha value is -1.50. The van der Waals surface area contributed by atoms with Gasteiger partial charge in [-0.2, -0.15) is 0 Å². The molecule has 94 valence electrons. The number of hydrogen-bond acceptors (Lipinski definition) is 3. The number of Topliss-reactive ketones (excluding diaryl/α,β-unsaturated/α-hetero) is 1. The third kappa shape index (κ3) is 4.90. The highest BCUT2D eigenvalue weighted by Gasteiger charge is 2.42. The summed E-state index contributed by atoms with van der Waals surface area (Å²) < 4.78 is 5.09. The van der Waals surface area contributed by atoms with Gasteiger partial charge in [0.2, 0.25) is 0 Å².